The van der Waals surface area contributed by atoms with Crippen molar-refractivity contribution in [1.29, 1.82) is 0 Å². The van der Waals surface area contributed by atoms with Crippen LogP contribution in [0.3, 0.4) is 0 Å². The molecule has 0 amide bonds. The Labute approximate surface area is 99.5 Å². The molecule has 88 valence electrons. The van der Waals surface area contributed by atoms with Crippen LogP contribution in [-0.4, -0.2) is 28.2 Å². The number of hydrogen-bond donors (Lipinski definition) is 0. The lowest BCUT2D eigenvalue weighted by Gasteiger charge is -2.15. The summed E-state index contributed by atoms with van der Waals surface area (Å²) in [7, 11) is 0. The summed E-state index contributed by atoms with van der Waals surface area (Å²) >= 11 is 0. The third-order valence-corrected chi connectivity index (χ3v) is 2.95. The highest BCUT2D eigenvalue weighted by atomic mass is 16.5. The quantitative estimate of drug-likeness (QED) is 0.790. The van der Waals surface area contributed by atoms with E-state index in [-0.39, 0.29) is 0 Å². The van der Waals surface area contributed by atoms with E-state index in [9.17, 15) is 0 Å². The highest BCUT2D eigenvalue weighted by molar-refractivity contribution is 5.54. The summed E-state index contributed by atoms with van der Waals surface area (Å²) in [4.78, 5) is 10.9. The minimum absolute atomic E-state index is 0.531. The molecule has 0 unspecified atom stereocenters. The van der Waals surface area contributed by atoms with E-state index in [1.807, 2.05) is 12.1 Å². The standard InChI is InChI=1S/C12H14N4O/c1-9-14-12(17-15-9)10-4-5-11(13-8-10)16-6-2-3-7-16/h4-5,8H,2-3,6-7H2,1H3. The van der Waals surface area contributed by atoms with Crippen molar-refractivity contribution in [2.45, 2.75) is 19.8 Å². The maximum absolute atomic E-state index is 5.10. The molecule has 3 rings (SSSR count). The van der Waals surface area contributed by atoms with Crippen molar-refractivity contribution < 1.29 is 4.52 Å². The molecule has 1 aliphatic heterocycles. The molecule has 0 atom stereocenters. The molecular formula is C12H14N4O. The van der Waals surface area contributed by atoms with Crippen LogP contribution in [0.2, 0.25) is 0 Å². The van der Waals surface area contributed by atoms with Crippen LogP contribution in [0.4, 0.5) is 5.82 Å². The van der Waals surface area contributed by atoms with Gasteiger partial charge in [0.1, 0.15) is 5.82 Å². The summed E-state index contributed by atoms with van der Waals surface area (Å²) in [6, 6.07) is 3.99. The summed E-state index contributed by atoms with van der Waals surface area (Å²) in [6.07, 6.45) is 4.30. The van der Waals surface area contributed by atoms with E-state index in [0.717, 1.165) is 24.5 Å². The molecule has 1 aliphatic rings. The Morgan fingerprint density at radius 3 is 2.65 bits per heavy atom. The fourth-order valence-electron chi connectivity index (χ4n) is 2.06. The molecule has 5 heteroatoms. The van der Waals surface area contributed by atoms with Gasteiger partial charge >= 0.3 is 0 Å². The van der Waals surface area contributed by atoms with Crippen molar-refractivity contribution in [1.82, 2.24) is 15.1 Å². The summed E-state index contributed by atoms with van der Waals surface area (Å²) < 4.78 is 5.10. The molecule has 3 heterocycles. The molecule has 0 aromatic carbocycles. The predicted molar refractivity (Wildman–Crippen MR) is 63.7 cm³/mol. The van der Waals surface area contributed by atoms with Crippen LogP contribution in [0.15, 0.2) is 22.9 Å². The van der Waals surface area contributed by atoms with Crippen LogP contribution in [0.1, 0.15) is 18.7 Å². The van der Waals surface area contributed by atoms with Gasteiger partial charge in [-0.05, 0) is 31.9 Å². The molecule has 1 saturated heterocycles. The second kappa shape index (κ2) is 4.16. The molecule has 0 radical (unpaired) electrons. The summed E-state index contributed by atoms with van der Waals surface area (Å²) in [5.74, 6) is 2.20. The van der Waals surface area contributed by atoms with Crippen molar-refractivity contribution >= 4 is 5.82 Å². The van der Waals surface area contributed by atoms with Crippen molar-refractivity contribution in [3.05, 3.63) is 24.2 Å². The zero-order chi connectivity index (χ0) is 11.7. The Bertz CT molecular complexity index is 499. The zero-order valence-corrected chi connectivity index (χ0v) is 9.76. The average molecular weight is 230 g/mol. The largest absolute Gasteiger partial charge is 0.357 e. The van der Waals surface area contributed by atoms with Crippen molar-refractivity contribution in [2.24, 2.45) is 0 Å². The number of pyridine rings is 1. The monoisotopic (exact) mass is 230 g/mol. The van der Waals surface area contributed by atoms with Crippen LogP contribution in [0.25, 0.3) is 11.5 Å². The lowest BCUT2D eigenvalue weighted by molar-refractivity contribution is 0.425. The summed E-state index contributed by atoms with van der Waals surface area (Å²) in [5.41, 5.74) is 0.869. The molecule has 5 nitrogen and oxygen atoms in total. The fraction of sp³-hybridized carbons (Fsp3) is 0.417. The molecule has 0 N–H and O–H groups in total. The molecule has 0 saturated carbocycles. The van der Waals surface area contributed by atoms with Gasteiger partial charge in [-0.25, -0.2) is 4.98 Å². The Balaban J connectivity index is 1.84. The predicted octanol–water partition coefficient (Wildman–Crippen LogP) is 2.04. The second-order valence-corrected chi connectivity index (χ2v) is 4.25. The van der Waals surface area contributed by atoms with Gasteiger partial charge in [-0.3, -0.25) is 0 Å². The second-order valence-electron chi connectivity index (χ2n) is 4.25. The van der Waals surface area contributed by atoms with E-state index in [2.05, 4.69) is 20.0 Å². The molecule has 2 aromatic rings. The number of hydrogen-bond acceptors (Lipinski definition) is 5. The van der Waals surface area contributed by atoms with Crippen molar-refractivity contribution in [3.8, 4) is 11.5 Å². The molecule has 1 fully saturated rings. The van der Waals surface area contributed by atoms with Crippen LogP contribution >= 0.6 is 0 Å². The highest BCUT2D eigenvalue weighted by Crippen LogP contribution is 2.21. The molecule has 17 heavy (non-hydrogen) atoms. The van der Waals surface area contributed by atoms with Gasteiger partial charge in [0, 0.05) is 19.3 Å². The first kappa shape index (κ1) is 10.3. The van der Waals surface area contributed by atoms with Crippen LogP contribution < -0.4 is 4.90 Å². The normalized spacial score (nSPS) is 15.5. The Kier molecular flexibility index (Phi) is 2.51. The minimum Gasteiger partial charge on any atom is -0.357 e. The first-order valence-corrected chi connectivity index (χ1v) is 5.84. The topological polar surface area (TPSA) is 55.1 Å². The number of aryl methyl sites for hydroxylation is 1. The van der Waals surface area contributed by atoms with Crippen LogP contribution in [-0.2, 0) is 0 Å². The lowest BCUT2D eigenvalue weighted by atomic mass is 10.3. The van der Waals surface area contributed by atoms with Crippen molar-refractivity contribution in [3.63, 3.8) is 0 Å². The van der Waals surface area contributed by atoms with E-state index in [0.29, 0.717) is 11.7 Å². The van der Waals surface area contributed by atoms with E-state index >= 15 is 0 Å². The SMILES string of the molecule is Cc1noc(-c2ccc(N3CCCC3)nc2)n1. The molecule has 0 spiro atoms. The van der Waals surface area contributed by atoms with E-state index in [1.165, 1.54) is 12.8 Å². The molecule has 0 bridgehead atoms. The third-order valence-electron chi connectivity index (χ3n) is 2.95. The zero-order valence-electron chi connectivity index (χ0n) is 9.76. The van der Waals surface area contributed by atoms with Crippen LogP contribution in [0, 0.1) is 6.92 Å². The molecular weight excluding hydrogens is 216 g/mol. The fourth-order valence-corrected chi connectivity index (χ4v) is 2.06. The maximum Gasteiger partial charge on any atom is 0.259 e. The smallest absolute Gasteiger partial charge is 0.259 e. The maximum atomic E-state index is 5.10. The molecule has 0 aliphatic carbocycles. The van der Waals surface area contributed by atoms with Gasteiger partial charge in [-0.15, -0.1) is 0 Å². The summed E-state index contributed by atoms with van der Waals surface area (Å²) in [6.45, 7) is 4.01. The third kappa shape index (κ3) is 2.00. The van der Waals surface area contributed by atoms with Crippen molar-refractivity contribution in [2.75, 3.05) is 18.0 Å². The van der Waals surface area contributed by atoms with Gasteiger partial charge in [0.25, 0.3) is 5.89 Å². The Morgan fingerprint density at radius 2 is 2.06 bits per heavy atom. The lowest BCUT2D eigenvalue weighted by Crippen LogP contribution is -2.18. The average Bonchev–Trinajstić information content (AvgIpc) is 3.00. The first-order chi connectivity index (χ1) is 8.33. The first-order valence-electron chi connectivity index (χ1n) is 5.84. The van der Waals surface area contributed by atoms with Gasteiger partial charge in [0.2, 0.25) is 0 Å². The van der Waals surface area contributed by atoms with Gasteiger partial charge in [0.05, 0.1) is 5.56 Å². The number of rotatable bonds is 2. The van der Waals surface area contributed by atoms with E-state index in [4.69, 9.17) is 4.52 Å². The Hall–Kier alpha value is -1.91. The Morgan fingerprint density at radius 1 is 1.24 bits per heavy atom. The minimum atomic E-state index is 0.531. The van der Waals surface area contributed by atoms with Gasteiger partial charge < -0.3 is 9.42 Å². The number of anilines is 1. The van der Waals surface area contributed by atoms with Gasteiger partial charge in [-0.1, -0.05) is 5.16 Å². The van der Waals surface area contributed by atoms with Gasteiger partial charge in [0.15, 0.2) is 5.82 Å². The highest BCUT2D eigenvalue weighted by Gasteiger charge is 2.14. The molecule has 2 aromatic heterocycles. The number of nitrogens with zero attached hydrogens (tertiary/aromatic N) is 4. The van der Waals surface area contributed by atoms with Crippen LogP contribution in [0.5, 0.6) is 0 Å². The number of aromatic nitrogens is 3. The summed E-state index contributed by atoms with van der Waals surface area (Å²) in [5, 5.41) is 3.77. The van der Waals surface area contributed by atoms with Gasteiger partial charge in [-0.2, -0.15) is 4.98 Å². The van der Waals surface area contributed by atoms with E-state index in [1.54, 1.807) is 13.1 Å². The van der Waals surface area contributed by atoms with E-state index < -0.39 is 0 Å².